The van der Waals surface area contributed by atoms with Crippen LogP contribution < -0.4 is 0 Å². The number of esters is 1. The fourth-order valence-corrected chi connectivity index (χ4v) is 0.828. The van der Waals surface area contributed by atoms with Crippen molar-refractivity contribution in [1.82, 2.24) is 0 Å². The van der Waals surface area contributed by atoms with Crippen LogP contribution in [0, 0.1) is 7.11 Å². The second-order valence-corrected chi connectivity index (χ2v) is 2.63. The van der Waals surface area contributed by atoms with Crippen molar-refractivity contribution >= 4 is 5.97 Å². The van der Waals surface area contributed by atoms with Crippen LogP contribution in [0.5, 0.6) is 0 Å². The molecule has 0 aliphatic carbocycles. The van der Waals surface area contributed by atoms with Gasteiger partial charge < -0.3 is 9.47 Å². The van der Waals surface area contributed by atoms with Crippen LogP contribution in [0.3, 0.4) is 0 Å². The van der Waals surface area contributed by atoms with Gasteiger partial charge in [0.15, 0.2) is 0 Å². The Bertz CT molecular complexity index is 112. The van der Waals surface area contributed by atoms with Crippen LogP contribution >= 0.6 is 0 Å². The molecule has 71 valence electrons. The Morgan fingerprint density at radius 3 is 2.67 bits per heavy atom. The average molecular weight is 173 g/mol. The van der Waals surface area contributed by atoms with E-state index in [0.29, 0.717) is 6.61 Å². The third-order valence-electron chi connectivity index (χ3n) is 1.52. The summed E-state index contributed by atoms with van der Waals surface area (Å²) in [5.74, 6) is -0.412. The van der Waals surface area contributed by atoms with Gasteiger partial charge in [-0.05, 0) is 6.42 Å². The molecule has 0 saturated heterocycles. The summed E-state index contributed by atoms with van der Waals surface area (Å²) in [6.07, 6.45) is 4.61. The Morgan fingerprint density at radius 1 is 1.33 bits per heavy atom. The molecule has 0 saturated carbocycles. The van der Waals surface area contributed by atoms with Gasteiger partial charge in [-0.15, -0.1) is 0 Å². The molecule has 0 bridgehead atoms. The lowest BCUT2D eigenvalue weighted by molar-refractivity contribution is -0.143. The highest BCUT2D eigenvalue weighted by Crippen LogP contribution is 1.98. The maximum Gasteiger partial charge on any atom is 0.332 e. The van der Waals surface area contributed by atoms with Gasteiger partial charge in [0.25, 0.3) is 0 Å². The molecule has 0 fully saturated rings. The van der Waals surface area contributed by atoms with Crippen molar-refractivity contribution in [3.8, 4) is 0 Å². The molecule has 0 aromatic rings. The molecule has 3 heteroatoms. The molecular formula is C9H17O3. The summed E-state index contributed by atoms with van der Waals surface area (Å²) in [4.78, 5) is 10.5. The number of ether oxygens (including phenoxy) is 2. The van der Waals surface area contributed by atoms with E-state index in [1.165, 1.54) is 12.8 Å². The third-order valence-corrected chi connectivity index (χ3v) is 1.52. The van der Waals surface area contributed by atoms with Crippen molar-refractivity contribution in [2.24, 2.45) is 0 Å². The Hall–Kier alpha value is -0.570. The molecule has 0 aliphatic rings. The van der Waals surface area contributed by atoms with Crippen molar-refractivity contribution in [2.45, 2.75) is 32.6 Å². The van der Waals surface area contributed by atoms with Crippen LogP contribution in [0.2, 0.25) is 0 Å². The number of rotatable bonds is 7. The third kappa shape index (κ3) is 7.54. The Labute approximate surface area is 74.0 Å². The number of hydrogen-bond donors (Lipinski definition) is 0. The zero-order chi connectivity index (χ0) is 9.23. The molecule has 0 unspecified atom stereocenters. The average Bonchev–Trinajstić information content (AvgIpc) is 2.10. The van der Waals surface area contributed by atoms with Gasteiger partial charge in [0.05, 0.1) is 0 Å². The van der Waals surface area contributed by atoms with Gasteiger partial charge in [-0.25, -0.2) is 4.79 Å². The summed E-state index contributed by atoms with van der Waals surface area (Å²) in [5.41, 5.74) is 0. The summed E-state index contributed by atoms with van der Waals surface area (Å²) in [6, 6.07) is 0. The second-order valence-electron chi connectivity index (χ2n) is 2.63. The number of carbonyl (C=O) groups is 1. The van der Waals surface area contributed by atoms with E-state index in [1.807, 2.05) is 0 Å². The maximum absolute atomic E-state index is 10.5. The fraction of sp³-hybridized carbons (Fsp3) is 0.778. The largest absolute Gasteiger partial charge is 0.460 e. The van der Waals surface area contributed by atoms with E-state index in [9.17, 15) is 4.79 Å². The quantitative estimate of drug-likeness (QED) is 0.436. The van der Waals surface area contributed by atoms with Gasteiger partial charge in [-0.3, -0.25) is 0 Å². The van der Waals surface area contributed by atoms with Gasteiger partial charge in [0.2, 0.25) is 0 Å². The van der Waals surface area contributed by atoms with Gasteiger partial charge in [-0.2, -0.15) is 0 Å². The van der Waals surface area contributed by atoms with E-state index >= 15 is 0 Å². The molecule has 0 aromatic carbocycles. The van der Waals surface area contributed by atoms with Crippen molar-refractivity contribution < 1.29 is 14.3 Å². The van der Waals surface area contributed by atoms with Crippen LogP contribution in [0.25, 0.3) is 0 Å². The van der Waals surface area contributed by atoms with Gasteiger partial charge in [-0.1, -0.05) is 26.2 Å². The molecule has 1 radical (unpaired) electrons. The Kier molecular flexibility index (Phi) is 8.12. The SMILES string of the molecule is [CH2]OC(=O)COCCCCCC. The highest BCUT2D eigenvalue weighted by atomic mass is 16.6. The Balaban J connectivity index is 2.95. The van der Waals surface area contributed by atoms with Crippen molar-refractivity contribution in [3.05, 3.63) is 7.11 Å². The van der Waals surface area contributed by atoms with Crippen LogP contribution in [-0.4, -0.2) is 19.2 Å². The first kappa shape index (κ1) is 11.4. The predicted molar refractivity (Wildman–Crippen MR) is 46.4 cm³/mol. The molecule has 0 amide bonds. The minimum Gasteiger partial charge on any atom is -0.460 e. The molecule has 0 aromatic heterocycles. The molecule has 0 spiro atoms. The van der Waals surface area contributed by atoms with Gasteiger partial charge >= 0.3 is 5.97 Å². The van der Waals surface area contributed by atoms with E-state index in [2.05, 4.69) is 18.8 Å². The summed E-state index contributed by atoms with van der Waals surface area (Å²) >= 11 is 0. The first-order valence-corrected chi connectivity index (χ1v) is 4.33. The molecule has 0 N–H and O–H groups in total. The summed E-state index contributed by atoms with van der Waals surface area (Å²) in [6.45, 7) is 2.81. The smallest absolute Gasteiger partial charge is 0.332 e. The van der Waals surface area contributed by atoms with E-state index in [0.717, 1.165) is 12.8 Å². The van der Waals surface area contributed by atoms with Crippen LogP contribution in [-0.2, 0) is 14.3 Å². The number of unbranched alkanes of at least 4 members (excludes halogenated alkanes) is 3. The highest BCUT2D eigenvalue weighted by molar-refractivity contribution is 5.70. The van der Waals surface area contributed by atoms with Crippen molar-refractivity contribution in [1.29, 1.82) is 0 Å². The molecule has 0 atom stereocenters. The Morgan fingerprint density at radius 2 is 2.08 bits per heavy atom. The van der Waals surface area contributed by atoms with Crippen LogP contribution in [0.15, 0.2) is 0 Å². The summed E-state index contributed by atoms with van der Waals surface area (Å²) in [5, 5.41) is 0. The normalized spacial score (nSPS) is 9.83. The first-order valence-electron chi connectivity index (χ1n) is 4.33. The zero-order valence-corrected chi connectivity index (χ0v) is 7.67. The van der Waals surface area contributed by atoms with Crippen molar-refractivity contribution in [2.75, 3.05) is 13.2 Å². The maximum atomic E-state index is 10.5. The van der Waals surface area contributed by atoms with Gasteiger partial charge in [0.1, 0.15) is 13.7 Å². The zero-order valence-electron chi connectivity index (χ0n) is 7.67. The molecule has 3 nitrogen and oxygen atoms in total. The van der Waals surface area contributed by atoms with E-state index in [1.54, 1.807) is 0 Å². The molecule has 0 aliphatic heterocycles. The predicted octanol–water partition coefficient (Wildman–Crippen LogP) is 1.92. The molecule has 0 heterocycles. The summed E-state index contributed by atoms with van der Waals surface area (Å²) < 4.78 is 9.18. The minimum atomic E-state index is -0.412. The highest BCUT2D eigenvalue weighted by Gasteiger charge is 1.98. The molecule has 12 heavy (non-hydrogen) atoms. The number of hydrogen-bond acceptors (Lipinski definition) is 3. The topological polar surface area (TPSA) is 35.5 Å². The minimum absolute atomic E-state index is 0.0234. The van der Waals surface area contributed by atoms with Crippen LogP contribution in [0.4, 0.5) is 0 Å². The van der Waals surface area contributed by atoms with Crippen LogP contribution in [0.1, 0.15) is 32.6 Å². The van der Waals surface area contributed by atoms with Gasteiger partial charge in [0, 0.05) is 6.61 Å². The monoisotopic (exact) mass is 173 g/mol. The van der Waals surface area contributed by atoms with E-state index in [4.69, 9.17) is 4.74 Å². The van der Waals surface area contributed by atoms with Crippen molar-refractivity contribution in [3.63, 3.8) is 0 Å². The lowest BCUT2D eigenvalue weighted by atomic mass is 10.2. The number of carbonyl (C=O) groups excluding carboxylic acids is 1. The van der Waals surface area contributed by atoms with E-state index < -0.39 is 5.97 Å². The standard InChI is InChI=1S/C9H17O3/c1-3-4-5-6-7-12-8-9(10)11-2/h2-8H2,1H3. The second kappa shape index (κ2) is 8.53. The van der Waals surface area contributed by atoms with E-state index in [-0.39, 0.29) is 6.61 Å². The molecule has 0 rings (SSSR count). The fourth-order valence-electron chi connectivity index (χ4n) is 0.828. The molecular weight excluding hydrogens is 156 g/mol. The lowest BCUT2D eigenvalue weighted by Gasteiger charge is -2.01. The summed E-state index contributed by atoms with van der Waals surface area (Å²) in [7, 11) is 2.98. The lowest BCUT2D eigenvalue weighted by Crippen LogP contribution is -2.09. The first-order chi connectivity index (χ1) is 5.81.